The minimum absolute atomic E-state index is 0. The molecule has 20 heavy (non-hydrogen) atoms. The summed E-state index contributed by atoms with van der Waals surface area (Å²) < 4.78 is 5.92. The fraction of sp³-hybridized carbons (Fsp3) is 0.438. The molecule has 0 saturated carbocycles. The van der Waals surface area contributed by atoms with Crippen molar-refractivity contribution >= 4 is 5.78 Å². The van der Waals surface area contributed by atoms with E-state index < -0.39 is 0 Å². The fourth-order valence-corrected chi connectivity index (χ4v) is 2.06. The number of hydrogen-bond donors (Lipinski definition) is 0. The smallest absolute Gasteiger partial charge is 0.191 e. The van der Waals surface area contributed by atoms with Gasteiger partial charge in [-0.2, -0.15) is 0 Å². The van der Waals surface area contributed by atoms with Crippen molar-refractivity contribution in [2.75, 3.05) is 26.7 Å². The fourth-order valence-electron chi connectivity index (χ4n) is 2.06. The number of ketones is 1. The SMILES string of the molecule is CC[N+](C=CC(=O)c1ccc(OC)cc1)(CC)CC.[Cl-]. The van der Waals surface area contributed by atoms with Gasteiger partial charge in [-0.1, -0.05) is 0 Å². The predicted molar refractivity (Wildman–Crippen MR) is 78.3 cm³/mol. The molecule has 0 unspecified atom stereocenters. The van der Waals surface area contributed by atoms with Crippen LogP contribution in [0.2, 0.25) is 0 Å². The monoisotopic (exact) mass is 297 g/mol. The number of allylic oxidation sites excluding steroid dienone is 1. The summed E-state index contributed by atoms with van der Waals surface area (Å²) in [5.74, 6) is 0.807. The van der Waals surface area contributed by atoms with Gasteiger partial charge in [0.2, 0.25) is 0 Å². The molecule has 0 atom stereocenters. The van der Waals surface area contributed by atoms with Gasteiger partial charge in [-0.3, -0.25) is 9.28 Å². The molecular formula is C16H24ClNO2. The lowest BCUT2D eigenvalue weighted by atomic mass is 10.1. The Labute approximate surface area is 128 Å². The van der Waals surface area contributed by atoms with E-state index in [1.54, 1.807) is 25.3 Å². The summed E-state index contributed by atoms with van der Waals surface area (Å²) in [5, 5.41) is 0. The summed E-state index contributed by atoms with van der Waals surface area (Å²) in [6.07, 6.45) is 3.71. The highest BCUT2D eigenvalue weighted by Crippen LogP contribution is 2.13. The van der Waals surface area contributed by atoms with Gasteiger partial charge in [0.15, 0.2) is 5.78 Å². The van der Waals surface area contributed by atoms with Crippen LogP contribution in [0.25, 0.3) is 0 Å². The van der Waals surface area contributed by atoms with Crippen LogP contribution in [0.3, 0.4) is 0 Å². The quantitative estimate of drug-likeness (QED) is 0.410. The van der Waals surface area contributed by atoms with E-state index in [9.17, 15) is 4.79 Å². The predicted octanol–water partition coefficient (Wildman–Crippen LogP) is 0.272. The number of ether oxygens (including phenoxy) is 1. The van der Waals surface area contributed by atoms with E-state index in [1.165, 1.54) is 0 Å². The molecule has 0 N–H and O–H groups in total. The number of halogens is 1. The Balaban J connectivity index is 0.00000361. The Morgan fingerprint density at radius 2 is 1.60 bits per heavy atom. The van der Waals surface area contributed by atoms with Gasteiger partial charge in [0.05, 0.1) is 32.9 Å². The molecule has 0 saturated heterocycles. The second kappa shape index (κ2) is 8.77. The van der Waals surface area contributed by atoms with E-state index in [1.807, 2.05) is 18.3 Å². The Hall–Kier alpha value is -1.32. The molecule has 0 bridgehead atoms. The Bertz CT molecular complexity index is 428. The van der Waals surface area contributed by atoms with Crippen molar-refractivity contribution < 1.29 is 26.4 Å². The molecule has 0 aliphatic heterocycles. The molecule has 4 heteroatoms. The molecular weight excluding hydrogens is 274 g/mol. The van der Waals surface area contributed by atoms with Crippen LogP contribution in [-0.2, 0) is 0 Å². The molecule has 0 amide bonds. The Morgan fingerprint density at radius 3 is 2.00 bits per heavy atom. The van der Waals surface area contributed by atoms with Gasteiger partial charge >= 0.3 is 0 Å². The largest absolute Gasteiger partial charge is 1.00 e. The number of nitrogens with zero attached hydrogens (tertiary/aromatic N) is 1. The Kier molecular flexibility index (Phi) is 8.19. The second-order valence-corrected chi connectivity index (χ2v) is 4.58. The summed E-state index contributed by atoms with van der Waals surface area (Å²) in [6.45, 7) is 9.44. The number of quaternary nitrogens is 1. The summed E-state index contributed by atoms with van der Waals surface area (Å²) in [4.78, 5) is 12.1. The van der Waals surface area contributed by atoms with E-state index in [0.29, 0.717) is 5.56 Å². The number of rotatable bonds is 7. The first-order valence-electron chi connectivity index (χ1n) is 6.84. The highest BCUT2D eigenvalue weighted by Gasteiger charge is 2.17. The first-order valence-corrected chi connectivity index (χ1v) is 6.84. The van der Waals surface area contributed by atoms with Crippen molar-refractivity contribution in [3.8, 4) is 5.75 Å². The van der Waals surface area contributed by atoms with Gasteiger partial charge in [0, 0.05) is 11.6 Å². The normalized spacial score (nSPS) is 11.2. The standard InChI is InChI=1S/C16H24NO2.ClH/c1-5-17(6-2,7-3)13-12-16(18)14-8-10-15(19-4)11-9-14;/h8-13H,5-7H2,1-4H3;1H/q+1;/p-1. The van der Waals surface area contributed by atoms with Crippen molar-refractivity contribution in [2.45, 2.75) is 20.8 Å². The number of carbonyl (C=O) groups excluding carboxylic acids is 1. The van der Waals surface area contributed by atoms with Gasteiger partial charge in [0.1, 0.15) is 5.75 Å². The molecule has 1 rings (SSSR count). The van der Waals surface area contributed by atoms with Gasteiger partial charge < -0.3 is 17.1 Å². The highest BCUT2D eigenvalue weighted by atomic mass is 35.5. The molecule has 0 aliphatic carbocycles. The third kappa shape index (κ3) is 4.66. The molecule has 0 fully saturated rings. The zero-order valence-corrected chi connectivity index (χ0v) is 13.5. The van der Waals surface area contributed by atoms with E-state index in [2.05, 4.69) is 20.8 Å². The molecule has 1 aromatic carbocycles. The third-order valence-corrected chi connectivity index (χ3v) is 3.81. The van der Waals surface area contributed by atoms with E-state index in [-0.39, 0.29) is 18.2 Å². The molecule has 0 aliphatic rings. The van der Waals surface area contributed by atoms with Crippen molar-refractivity contribution in [3.05, 3.63) is 42.1 Å². The lowest BCUT2D eigenvalue weighted by molar-refractivity contribution is -0.874. The summed E-state index contributed by atoms with van der Waals surface area (Å²) in [7, 11) is 1.62. The highest BCUT2D eigenvalue weighted by molar-refractivity contribution is 6.04. The zero-order valence-electron chi connectivity index (χ0n) is 12.7. The summed E-state index contributed by atoms with van der Waals surface area (Å²) in [6, 6.07) is 7.21. The minimum Gasteiger partial charge on any atom is -1.00 e. The third-order valence-electron chi connectivity index (χ3n) is 3.81. The van der Waals surface area contributed by atoms with Crippen LogP contribution in [0.4, 0.5) is 0 Å². The summed E-state index contributed by atoms with van der Waals surface area (Å²) in [5.41, 5.74) is 0.693. The molecule has 0 spiro atoms. The lowest BCUT2D eigenvalue weighted by Gasteiger charge is -2.31. The number of hydrogen-bond acceptors (Lipinski definition) is 2. The van der Waals surface area contributed by atoms with Gasteiger partial charge in [-0.15, -0.1) is 0 Å². The average Bonchev–Trinajstić information content (AvgIpc) is 2.49. The first-order chi connectivity index (χ1) is 9.10. The zero-order chi connectivity index (χ0) is 14.3. The maximum atomic E-state index is 12.1. The van der Waals surface area contributed by atoms with Crippen LogP contribution in [-0.4, -0.2) is 37.0 Å². The van der Waals surface area contributed by atoms with Crippen LogP contribution in [0, 0.1) is 0 Å². The maximum Gasteiger partial charge on any atom is 0.191 e. The molecule has 0 heterocycles. The summed E-state index contributed by atoms with van der Waals surface area (Å²) >= 11 is 0. The molecule has 3 nitrogen and oxygen atoms in total. The van der Waals surface area contributed by atoms with Crippen molar-refractivity contribution in [1.82, 2.24) is 0 Å². The average molecular weight is 298 g/mol. The van der Waals surface area contributed by atoms with Crippen LogP contribution in [0.1, 0.15) is 31.1 Å². The lowest BCUT2D eigenvalue weighted by Crippen LogP contribution is -3.00. The Morgan fingerprint density at radius 1 is 1.10 bits per heavy atom. The molecule has 0 radical (unpaired) electrons. The van der Waals surface area contributed by atoms with Crippen LogP contribution < -0.4 is 17.1 Å². The topological polar surface area (TPSA) is 26.3 Å². The van der Waals surface area contributed by atoms with Gasteiger partial charge in [-0.05, 0) is 45.0 Å². The molecule has 0 aromatic heterocycles. The van der Waals surface area contributed by atoms with Crippen molar-refractivity contribution in [3.63, 3.8) is 0 Å². The number of methoxy groups -OCH3 is 1. The maximum absolute atomic E-state index is 12.1. The molecule has 112 valence electrons. The van der Waals surface area contributed by atoms with Gasteiger partial charge in [-0.25, -0.2) is 0 Å². The first kappa shape index (κ1) is 18.7. The van der Waals surface area contributed by atoms with E-state index >= 15 is 0 Å². The van der Waals surface area contributed by atoms with Crippen LogP contribution >= 0.6 is 0 Å². The van der Waals surface area contributed by atoms with E-state index in [4.69, 9.17) is 4.74 Å². The van der Waals surface area contributed by atoms with Gasteiger partial charge in [0.25, 0.3) is 0 Å². The second-order valence-electron chi connectivity index (χ2n) is 4.58. The van der Waals surface area contributed by atoms with Crippen LogP contribution in [0.5, 0.6) is 5.75 Å². The van der Waals surface area contributed by atoms with Crippen LogP contribution in [0.15, 0.2) is 36.5 Å². The minimum atomic E-state index is 0. The molecule has 1 aromatic rings. The number of carbonyl (C=O) groups is 1. The number of benzene rings is 1. The van der Waals surface area contributed by atoms with E-state index in [0.717, 1.165) is 29.9 Å². The van der Waals surface area contributed by atoms with Crippen molar-refractivity contribution in [2.24, 2.45) is 0 Å². The van der Waals surface area contributed by atoms with Crippen molar-refractivity contribution in [1.29, 1.82) is 0 Å².